The van der Waals surface area contributed by atoms with Gasteiger partial charge in [-0.3, -0.25) is 9.59 Å². The number of benzene rings is 2. The van der Waals surface area contributed by atoms with Crippen molar-refractivity contribution in [1.29, 1.82) is 0 Å². The highest BCUT2D eigenvalue weighted by Gasteiger charge is 2.48. The number of rotatable bonds is 5. The normalized spacial score (nSPS) is 26.4. The lowest BCUT2D eigenvalue weighted by molar-refractivity contribution is -0.139. The highest BCUT2D eigenvalue weighted by atomic mass is 16.2. The molecule has 2 aliphatic heterocycles. The van der Waals surface area contributed by atoms with E-state index in [1.54, 1.807) is 12.3 Å². The lowest BCUT2D eigenvalue weighted by Gasteiger charge is -2.42. The molecule has 1 aliphatic carbocycles. The summed E-state index contributed by atoms with van der Waals surface area (Å²) in [7, 11) is 1.89. The largest absolute Gasteiger partial charge is 0.378 e. The highest BCUT2D eigenvalue weighted by Crippen LogP contribution is 2.51. The summed E-state index contributed by atoms with van der Waals surface area (Å²) < 4.78 is 1.86. The van der Waals surface area contributed by atoms with Crippen LogP contribution >= 0.6 is 0 Å². The fourth-order valence-electron chi connectivity index (χ4n) is 6.69. The molecule has 2 N–H and O–H groups in total. The Morgan fingerprint density at radius 2 is 1.82 bits per heavy atom. The number of hydrogen-bond acceptors (Lipinski definition) is 4. The minimum atomic E-state index is -0.203. The van der Waals surface area contributed by atoms with Gasteiger partial charge in [-0.15, -0.1) is 0 Å². The molecule has 2 amide bonds. The second-order valence-electron chi connectivity index (χ2n) is 10.8. The van der Waals surface area contributed by atoms with Crippen LogP contribution in [0, 0.1) is 11.8 Å². The molecule has 38 heavy (non-hydrogen) atoms. The van der Waals surface area contributed by atoms with Crippen molar-refractivity contribution in [2.75, 3.05) is 11.9 Å². The summed E-state index contributed by atoms with van der Waals surface area (Å²) in [5.74, 6) is 0.823. The van der Waals surface area contributed by atoms with E-state index in [1.807, 2.05) is 23.9 Å². The summed E-state index contributed by atoms with van der Waals surface area (Å²) in [6, 6.07) is 19.0. The molecule has 0 radical (unpaired) electrons. The predicted octanol–water partition coefficient (Wildman–Crippen LogP) is 4.86. The molecule has 7 nitrogen and oxygen atoms in total. The Morgan fingerprint density at radius 3 is 2.63 bits per heavy atom. The summed E-state index contributed by atoms with van der Waals surface area (Å²) >= 11 is 0. The third-order valence-corrected chi connectivity index (χ3v) is 8.56. The monoisotopic (exact) mass is 509 g/mol. The molecule has 2 aromatic carbocycles. The van der Waals surface area contributed by atoms with Crippen LogP contribution in [0.4, 0.5) is 5.69 Å². The molecule has 0 unspecified atom stereocenters. The molecular weight excluding hydrogens is 474 g/mol. The Morgan fingerprint density at radius 1 is 1.03 bits per heavy atom. The van der Waals surface area contributed by atoms with Gasteiger partial charge in [0.1, 0.15) is 5.82 Å². The maximum Gasteiger partial charge on any atom is 0.244 e. The molecule has 196 valence electrons. The molecular formula is C31H35N5O2. The molecule has 1 saturated carbocycles. The first kappa shape index (κ1) is 24.5. The van der Waals surface area contributed by atoms with Gasteiger partial charge >= 0.3 is 0 Å². The summed E-state index contributed by atoms with van der Waals surface area (Å²) in [6.07, 6.45) is 11.4. The van der Waals surface area contributed by atoms with Crippen LogP contribution in [0.1, 0.15) is 61.1 Å². The number of amides is 2. The molecule has 1 aromatic heterocycles. The molecule has 3 heterocycles. The van der Waals surface area contributed by atoms with Crippen molar-refractivity contribution in [3.63, 3.8) is 0 Å². The average Bonchev–Trinajstić information content (AvgIpc) is 3.58. The van der Waals surface area contributed by atoms with Gasteiger partial charge in [-0.2, -0.15) is 0 Å². The zero-order valence-corrected chi connectivity index (χ0v) is 21.8. The molecule has 7 heteroatoms. The first-order valence-corrected chi connectivity index (χ1v) is 13.8. The van der Waals surface area contributed by atoms with Gasteiger partial charge in [-0.25, -0.2) is 4.98 Å². The number of hydrogen-bond donors (Lipinski definition) is 2. The van der Waals surface area contributed by atoms with Crippen molar-refractivity contribution in [2.24, 2.45) is 18.9 Å². The summed E-state index contributed by atoms with van der Waals surface area (Å²) in [4.78, 5) is 33.4. The molecule has 6 rings (SSSR count). The highest BCUT2D eigenvalue weighted by molar-refractivity contribution is 5.92. The maximum absolute atomic E-state index is 14.2. The van der Waals surface area contributed by atoms with Crippen molar-refractivity contribution in [3.8, 4) is 0 Å². The average molecular weight is 510 g/mol. The lowest BCUT2D eigenvalue weighted by atomic mass is 9.79. The van der Waals surface area contributed by atoms with E-state index in [1.165, 1.54) is 17.2 Å². The molecule has 3 aliphatic rings. The Labute approximate surface area is 223 Å². The fourth-order valence-corrected chi connectivity index (χ4v) is 6.69. The zero-order chi connectivity index (χ0) is 26.1. The predicted molar refractivity (Wildman–Crippen MR) is 148 cm³/mol. The van der Waals surface area contributed by atoms with E-state index in [4.69, 9.17) is 0 Å². The maximum atomic E-state index is 14.2. The van der Waals surface area contributed by atoms with Crippen molar-refractivity contribution in [2.45, 2.75) is 50.2 Å². The topological polar surface area (TPSA) is 79.3 Å². The van der Waals surface area contributed by atoms with E-state index >= 15 is 0 Å². The minimum absolute atomic E-state index is 0.0340. The van der Waals surface area contributed by atoms with Gasteiger partial charge in [0.25, 0.3) is 0 Å². The van der Waals surface area contributed by atoms with Crippen LogP contribution in [0.25, 0.3) is 6.08 Å². The molecule has 5 atom stereocenters. The Balaban J connectivity index is 1.23. The van der Waals surface area contributed by atoms with Gasteiger partial charge in [0.05, 0.1) is 18.0 Å². The number of imidazole rings is 1. The summed E-state index contributed by atoms with van der Waals surface area (Å²) in [5.41, 5.74) is 3.56. The van der Waals surface area contributed by atoms with Crippen LogP contribution in [-0.4, -0.2) is 38.9 Å². The van der Waals surface area contributed by atoms with Gasteiger partial charge in [-0.05, 0) is 42.5 Å². The van der Waals surface area contributed by atoms with Crippen LogP contribution in [-0.2, 0) is 16.6 Å². The van der Waals surface area contributed by atoms with Gasteiger partial charge in [0.15, 0.2) is 0 Å². The number of likely N-dealkylation sites (tertiary alicyclic amines) is 1. The molecule has 1 saturated heterocycles. The number of nitrogens with zero attached hydrogens (tertiary/aromatic N) is 3. The van der Waals surface area contributed by atoms with Gasteiger partial charge in [0, 0.05) is 49.7 Å². The number of para-hydroxylation sites is 1. The quantitative estimate of drug-likeness (QED) is 0.481. The van der Waals surface area contributed by atoms with Gasteiger partial charge in [0.2, 0.25) is 11.8 Å². The Kier molecular flexibility index (Phi) is 6.75. The van der Waals surface area contributed by atoms with Crippen LogP contribution in [0.5, 0.6) is 0 Å². The smallest absolute Gasteiger partial charge is 0.244 e. The summed E-state index contributed by atoms with van der Waals surface area (Å²) in [6.45, 7) is 0.740. The van der Waals surface area contributed by atoms with E-state index in [0.29, 0.717) is 5.92 Å². The fraction of sp³-hybridized carbons (Fsp3) is 0.387. The van der Waals surface area contributed by atoms with E-state index in [0.717, 1.165) is 50.2 Å². The second kappa shape index (κ2) is 10.5. The summed E-state index contributed by atoms with van der Waals surface area (Å²) in [5, 5.41) is 6.94. The van der Waals surface area contributed by atoms with Crippen molar-refractivity contribution in [3.05, 3.63) is 90.0 Å². The van der Waals surface area contributed by atoms with E-state index in [9.17, 15) is 9.59 Å². The first-order valence-electron chi connectivity index (χ1n) is 13.8. The SMILES string of the molecule is Cn1ccnc1/C=C/C(=O)N[C@@H]1CCCC[C@@H]1C(=O)N1CC[C@@H]2[C@H](c3ccccc3)Nc3ccccc3[C@@H]21. The van der Waals surface area contributed by atoms with Crippen LogP contribution in [0.2, 0.25) is 0 Å². The number of aryl methyl sites for hydroxylation is 1. The standard InChI is InChI=1S/C31H35N5O2/c1-35-20-18-32-27(35)15-16-28(37)33-26-14-8-6-12-23(26)31(38)36-19-17-24-29(21-9-3-2-4-10-21)34-25-13-7-5-11-22(25)30(24)36/h2-5,7,9-11,13,15-16,18,20,23-24,26,29-30,34H,6,8,12,14,17,19H2,1H3,(H,33,37)/b16-15+/t23-,24+,26+,29-,30-/m0/s1. The third-order valence-electron chi connectivity index (χ3n) is 8.56. The van der Waals surface area contributed by atoms with Gasteiger partial charge < -0.3 is 20.1 Å². The molecule has 0 spiro atoms. The Bertz CT molecular complexity index is 1330. The number of carbonyl (C=O) groups is 2. The third kappa shape index (κ3) is 4.62. The van der Waals surface area contributed by atoms with E-state index in [2.05, 4.69) is 69.0 Å². The minimum Gasteiger partial charge on any atom is -0.378 e. The van der Waals surface area contributed by atoms with Crippen LogP contribution < -0.4 is 10.6 Å². The van der Waals surface area contributed by atoms with E-state index in [-0.39, 0.29) is 35.9 Å². The number of fused-ring (bicyclic) bond motifs is 3. The van der Waals surface area contributed by atoms with Gasteiger partial charge in [-0.1, -0.05) is 61.4 Å². The number of nitrogens with one attached hydrogen (secondary N) is 2. The number of anilines is 1. The second-order valence-corrected chi connectivity index (χ2v) is 10.8. The number of aromatic nitrogens is 2. The van der Waals surface area contributed by atoms with Crippen LogP contribution in [0.15, 0.2) is 73.1 Å². The van der Waals surface area contributed by atoms with Crippen molar-refractivity contribution >= 4 is 23.6 Å². The number of carbonyl (C=O) groups excluding carboxylic acids is 2. The van der Waals surface area contributed by atoms with Crippen LogP contribution in [0.3, 0.4) is 0 Å². The Hall–Kier alpha value is -3.87. The van der Waals surface area contributed by atoms with E-state index < -0.39 is 0 Å². The molecule has 3 aromatic rings. The lowest BCUT2D eigenvalue weighted by Crippen LogP contribution is -2.49. The first-order chi connectivity index (χ1) is 18.6. The molecule has 0 bridgehead atoms. The van der Waals surface area contributed by atoms with Crippen molar-refractivity contribution < 1.29 is 9.59 Å². The van der Waals surface area contributed by atoms with Crippen molar-refractivity contribution in [1.82, 2.24) is 19.8 Å². The zero-order valence-electron chi connectivity index (χ0n) is 21.8. The molecule has 2 fully saturated rings.